The summed E-state index contributed by atoms with van der Waals surface area (Å²) in [6, 6.07) is 22.0. The number of carbonyl (C=O) groups is 6. The van der Waals surface area contributed by atoms with Gasteiger partial charge in [-0.25, -0.2) is 20.6 Å². The molecule has 74 heavy (non-hydrogen) atoms. The van der Waals surface area contributed by atoms with E-state index < -0.39 is 11.9 Å². The Morgan fingerprint density at radius 2 is 0.932 bits per heavy atom. The zero-order valence-electron chi connectivity index (χ0n) is 40.3. The molecule has 23 heteroatoms. The van der Waals surface area contributed by atoms with Gasteiger partial charge in [0, 0.05) is 134 Å². The van der Waals surface area contributed by atoms with Crippen molar-refractivity contribution in [3.8, 4) is 0 Å². The lowest BCUT2D eigenvalue weighted by atomic mass is 10.2. The van der Waals surface area contributed by atoms with Crippen LogP contribution >= 0.6 is 34.0 Å². The van der Waals surface area contributed by atoms with Gasteiger partial charge in [0.2, 0.25) is 0 Å². The van der Waals surface area contributed by atoms with Crippen LogP contribution in [0.25, 0.3) is 36.5 Å². The summed E-state index contributed by atoms with van der Waals surface area (Å²) in [4.78, 5) is 76.4. The van der Waals surface area contributed by atoms with Crippen molar-refractivity contribution in [2.75, 3.05) is 13.7 Å². The number of nitrogens with one attached hydrogen (secondary N) is 2. The summed E-state index contributed by atoms with van der Waals surface area (Å²) < 4.78 is 10.9. The first kappa shape index (κ1) is 61.8. The number of hydrogen-bond donors (Lipinski definition) is 5. The first-order chi connectivity index (χ1) is 35.7. The van der Waals surface area contributed by atoms with E-state index >= 15 is 0 Å². The predicted molar refractivity (Wildman–Crippen MR) is 304 cm³/mol. The van der Waals surface area contributed by atoms with Crippen LogP contribution < -0.4 is 11.0 Å². The Balaban J connectivity index is 0.000000281. The molecule has 0 radical (unpaired) electrons. The summed E-state index contributed by atoms with van der Waals surface area (Å²) in [7, 11) is 8.86. The number of carboxylic acid groups (broad SMARTS) is 1. The number of thiophene rings is 3. The number of hydroxylamine groups is 2. The minimum Gasteiger partial charge on any atom is -0.478 e. The summed E-state index contributed by atoms with van der Waals surface area (Å²) in [6.07, 6.45) is 20.8. The molecule has 390 valence electrons. The lowest BCUT2D eigenvalue weighted by Crippen LogP contribution is -2.32. The molecule has 7 rings (SSSR count). The number of hydrogen-bond acceptors (Lipinski definition) is 15. The number of carbonyl (C=O) groups excluding carboxylic acids is 5. The molecule has 0 aromatic carbocycles. The molecule has 7 heterocycles. The van der Waals surface area contributed by atoms with Crippen molar-refractivity contribution in [2.24, 2.45) is 21.1 Å². The highest BCUT2D eigenvalue weighted by atomic mass is 33.2. The minimum atomic E-state index is -0.990. The zero-order valence-corrected chi connectivity index (χ0v) is 46.0. The molecule has 6 aromatic heterocycles. The maximum absolute atomic E-state index is 12.0. The van der Waals surface area contributed by atoms with E-state index in [4.69, 9.17) is 25.0 Å². The molecule has 5 N–H and O–H groups in total. The van der Waals surface area contributed by atoms with Gasteiger partial charge >= 0.3 is 5.97 Å². The molecule has 0 aliphatic carbocycles. The summed E-state index contributed by atoms with van der Waals surface area (Å²) in [5.41, 5.74) is 8.82. The first-order valence-corrected chi connectivity index (χ1v) is 28.4. The second kappa shape index (κ2) is 34.9. The third-order valence-corrected chi connectivity index (χ3v) is 14.8. The number of nitrogens with zero attached hydrogens (tertiary/aromatic N) is 3. The summed E-state index contributed by atoms with van der Waals surface area (Å²) in [5.74, 6) is -2.04. The highest BCUT2D eigenvalue weighted by Gasteiger charge is 2.15. The van der Waals surface area contributed by atoms with Crippen LogP contribution in [0.15, 0.2) is 125 Å². The van der Waals surface area contributed by atoms with E-state index in [2.05, 4.69) is 27.9 Å². The van der Waals surface area contributed by atoms with E-state index in [0.717, 1.165) is 66.6 Å². The molecule has 0 bridgehead atoms. The molecular weight excluding hydrogens is 1080 g/mol. The fourth-order valence-corrected chi connectivity index (χ4v) is 8.03. The number of aliphatic carboxylic acids is 1. The highest BCUT2D eigenvalue weighted by molar-refractivity contribution is 8.51. The fourth-order valence-electron chi connectivity index (χ4n) is 6.10. The number of carboxylic acids is 1. The van der Waals surface area contributed by atoms with Gasteiger partial charge in [0.15, 0.2) is 23.6 Å². The van der Waals surface area contributed by atoms with E-state index in [1.807, 2.05) is 99.5 Å². The standard InChI is InChI=1S/C20H22N2O4S.C15H14N2O3S.C15H13NO3S.CH4O.S4/c1-22-15(9-11-17(23)18-5-4-14-27-18)7-8-16(22)10-12-19(24)21-26-20-6-2-3-13-25-20;1-17-11(4-5-12(17)7-9-15(19)16-20)6-8-13(18)14-3-2-10-21-14;1-16-11(4-5-12(16)7-9-15(18)19)6-8-13(17)14-3-2-10-20-14;1-2;1-3-4-2/h4-5,7-12,14,20H,2-3,6,13H2,1H3,(H,21,24);2-10,20H,1H3,(H,16,19);2-10H,1H3,(H,18,19);2H,1H3;/b11-9+,12-10+;2*8-6+,9-7+;;. The van der Waals surface area contributed by atoms with Gasteiger partial charge < -0.3 is 28.7 Å². The van der Waals surface area contributed by atoms with E-state index in [0.29, 0.717) is 21.2 Å². The van der Waals surface area contributed by atoms with Gasteiger partial charge in [-0.1, -0.05) is 18.2 Å². The largest absolute Gasteiger partial charge is 0.478 e. The van der Waals surface area contributed by atoms with Crippen molar-refractivity contribution in [3.63, 3.8) is 0 Å². The summed E-state index contributed by atoms with van der Waals surface area (Å²) in [5, 5.41) is 29.6. The van der Waals surface area contributed by atoms with E-state index in [9.17, 15) is 28.8 Å². The average molecular weight is 1140 g/mol. The quantitative estimate of drug-likeness (QED) is 0.0250. The maximum Gasteiger partial charge on any atom is 0.328 e. The monoisotopic (exact) mass is 1140 g/mol. The number of allylic oxidation sites excluding steroid dienone is 3. The molecule has 6 aromatic rings. The summed E-state index contributed by atoms with van der Waals surface area (Å²) in [6.45, 7) is 0.658. The highest BCUT2D eigenvalue weighted by Crippen LogP contribution is 2.18. The third kappa shape index (κ3) is 21.9. The number of rotatable bonds is 17. The maximum atomic E-state index is 12.0. The van der Waals surface area contributed by atoms with Crippen LogP contribution in [-0.4, -0.2) is 84.3 Å². The lowest BCUT2D eigenvalue weighted by Gasteiger charge is -2.21. The van der Waals surface area contributed by atoms with Crippen LogP contribution in [-0.2, 0) is 85.2 Å². The van der Waals surface area contributed by atoms with Crippen LogP contribution in [0.2, 0.25) is 0 Å². The molecule has 1 unspecified atom stereocenters. The molecule has 1 atom stereocenters. The molecule has 1 fully saturated rings. The smallest absolute Gasteiger partial charge is 0.328 e. The second-order valence-corrected chi connectivity index (χ2v) is 21.0. The van der Waals surface area contributed by atoms with Crippen LogP contribution in [0.5, 0.6) is 0 Å². The second-order valence-electron chi connectivity index (χ2n) is 14.6. The number of ether oxygens (including phenoxy) is 1. The Hall–Kier alpha value is -6.48. The van der Waals surface area contributed by atoms with Crippen molar-refractivity contribution in [1.29, 1.82) is 0 Å². The van der Waals surface area contributed by atoms with Gasteiger partial charge in [0.25, 0.3) is 11.8 Å². The molecule has 16 nitrogen and oxygen atoms in total. The Kier molecular flexibility index (Phi) is 29.1. The number of ketones is 3. The molecule has 0 saturated carbocycles. The van der Waals surface area contributed by atoms with Crippen molar-refractivity contribution in [2.45, 2.75) is 25.6 Å². The normalized spacial score (nSPS) is 13.1. The van der Waals surface area contributed by atoms with Crippen molar-refractivity contribution in [3.05, 3.63) is 174 Å². The lowest BCUT2D eigenvalue weighted by molar-refractivity contribution is -0.198. The van der Waals surface area contributed by atoms with Gasteiger partial charge in [-0.15, -0.1) is 34.0 Å². The Morgan fingerprint density at radius 1 is 0.581 bits per heavy atom. The van der Waals surface area contributed by atoms with Crippen LogP contribution in [0.4, 0.5) is 0 Å². The van der Waals surface area contributed by atoms with Gasteiger partial charge in [0.1, 0.15) is 0 Å². The molecular formula is C51H53N5O11S7. The topological polar surface area (TPSA) is 220 Å². The molecule has 0 spiro atoms. The van der Waals surface area contributed by atoms with Crippen LogP contribution in [0.1, 0.15) is 82.4 Å². The zero-order chi connectivity index (χ0) is 54.3. The molecule has 2 amide bonds. The van der Waals surface area contributed by atoms with E-state index in [-0.39, 0.29) is 29.5 Å². The van der Waals surface area contributed by atoms with E-state index in [1.54, 1.807) is 60.7 Å². The number of aliphatic hydroxyl groups excluding tert-OH is 1. The third-order valence-electron chi connectivity index (χ3n) is 9.88. The molecule has 1 aliphatic heterocycles. The Labute approximate surface area is 455 Å². The minimum absolute atomic E-state index is 0.0234. The van der Waals surface area contributed by atoms with Crippen molar-refractivity contribution >= 4 is 146 Å². The van der Waals surface area contributed by atoms with Crippen molar-refractivity contribution in [1.82, 2.24) is 24.7 Å². The van der Waals surface area contributed by atoms with Gasteiger partial charge in [-0.3, -0.25) is 29.2 Å². The average Bonchev–Trinajstić information content (AvgIpc) is 4.30. The Morgan fingerprint density at radius 3 is 1.23 bits per heavy atom. The van der Waals surface area contributed by atoms with E-state index in [1.165, 1.54) is 87.6 Å². The van der Waals surface area contributed by atoms with Crippen LogP contribution in [0, 0.1) is 0 Å². The predicted octanol–water partition coefficient (Wildman–Crippen LogP) is 8.75. The SMILES string of the molecule is CO.Cn1c(/C=C/C(=O)NO)ccc1/C=C/C(=O)c1cccs1.Cn1c(/C=C/C(=O)NOC2CCCCO2)ccc1/C=C/C(=O)c1cccs1.Cn1c(/C=C/C(=O)O)ccc1/C=C/C(=O)c1cccs1.S=S=S=S. The first-order valence-electron chi connectivity index (χ1n) is 21.8. The number of aromatic nitrogens is 3. The molecule has 1 aliphatic rings. The number of aliphatic hydroxyl groups is 1. The fraction of sp³-hybridized carbons (Fsp3) is 0.176. The van der Waals surface area contributed by atoms with Crippen LogP contribution in [0.3, 0.4) is 0 Å². The Bertz CT molecular complexity index is 3000. The van der Waals surface area contributed by atoms with Crippen molar-refractivity contribution < 1.29 is 53.8 Å². The van der Waals surface area contributed by atoms with Gasteiger partial charge in [0.05, 0.1) is 14.6 Å². The van der Waals surface area contributed by atoms with Gasteiger partial charge in [-0.05, 0) is 138 Å². The summed E-state index contributed by atoms with van der Waals surface area (Å²) >= 11 is 12.9. The number of amides is 2. The van der Waals surface area contributed by atoms with Gasteiger partial charge in [-0.2, -0.15) is 0 Å². The molecule has 1 saturated heterocycles.